The van der Waals surface area contributed by atoms with E-state index in [-0.39, 0.29) is 5.69 Å². The topological polar surface area (TPSA) is 68.3 Å². The highest BCUT2D eigenvalue weighted by atomic mass is 16.3. The molecule has 0 unspecified atom stereocenters. The van der Waals surface area contributed by atoms with Gasteiger partial charge in [0.2, 0.25) is 0 Å². The molecule has 1 rings (SSSR count). The van der Waals surface area contributed by atoms with Crippen molar-refractivity contribution in [3.63, 3.8) is 0 Å². The fourth-order valence-corrected chi connectivity index (χ4v) is 0.473. The fourth-order valence-electron chi connectivity index (χ4n) is 0.473. The summed E-state index contributed by atoms with van der Waals surface area (Å²) in [6, 6.07) is 1.52. The second-order valence-corrected chi connectivity index (χ2v) is 1.53. The predicted octanol–water partition coefficient (Wildman–Crippen LogP) is 1.06. The second kappa shape index (κ2) is 2.21. The molecule has 46 valence electrons. The number of hydrogen-bond acceptors (Lipinski definition) is 4. The molecule has 0 atom stereocenters. The molecule has 0 bridgehead atoms. The average Bonchev–Trinajstić information content (AvgIpc) is 1.89. The Hall–Kier alpha value is -1.45. The zero-order chi connectivity index (χ0) is 6.69. The lowest BCUT2D eigenvalue weighted by molar-refractivity contribution is 1.30. The summed E-state index contributed by atoms with van der Waals surface area (Å²) in [5.74, 6) is 0. The highest BCUT2D eigenvalue weighted by molar-refractivity contribution is 5.59. The standard InChI is InChI=1S/C5H5N3O/c6-4-1-2-7-3-5(4)8-9/h1-3H,(H2,6,7). The van der Waals surface area contributed by atoms with Crippen molar-refractivity contribution in [2.45, 2.75) is 0 Å². The third-order valence-electron chi connectivity index (χ3n) is 0.931. The average molecular weight is 123 g/mol. The minimum Gasteiger partial charge on any atom is -0.397 e. The van der Waals surface area contributed by atoms with Gasteiger partial charge in [0.15, 0.2) is 0 Å². The lowest BCUT2D eigenvalue weighted by Gasteiger charge is -1.90. The van der Waals surface area contributed by atoms with Gasteiger partial charge in [-0.05, 0) is 11.2 Å². The molecule has 0 aliphatic rings. The summed E-state index contributed by atoms with van der Waals surface area (Å²) in [7, 11) is 0. The van der Waals surface area contributed by atoms with E-state index in [0.717, 1.165) is 0 Å². The number of nitrogen functional groups attached to an aromatic ring is 1. The van der Waals surface area contributed by atoms with Crippen LogP contribution in [0, 0.1) is 4.91 Å². The van der Waals surface area contributed by atoms with Crippen molar-refractivity contribution in [1.29, 1.82) is 0 Å². The minimum absolute atomic E-state index is 0.192. The van der Waals surface area contributed by atoms with E-state index in [1.807, 2.05) is 0 Å². The fraction of sp³-hybridized carbons (Fsp3) is 0. The van der Waals surface area contributed by atoms with E-state index in [1.54, 1.807) is 0 Å². The molecular formula is C5H5N3O. The van der Waals surface area contributed by atoms with Gasteiger partial charge in [0, 0.05) is 6.20 Å². The van der Waals surface area contributed by atoms with Crippen LogP contribution in [0.25, 0.3) is 0 Å². The van der Waals surface area contributed by atoms with Gasteiger partial charge in [-0.3, -0.25) is 4.98 Å². The maximum absolute atomic E-state index is 9.86. The minimum atomic E-state index is 0.192. The molecule has 0 radical (unpaired) electrons. The summed E-state index contributed by atoms with van der Waals surface area (Å²) in [5.41, 5.74) is 5.85. The van der Waals surface area contributed by atoms with Gasteiger partial charge in [-0.25, -0.2) is 0 Å². The Bertz CT molecular complexity index is 223. The first-order valence-electron chi connectivity index (χ1n) is 2.37. The molecule has 2 N–H and O–H groups in total. The number of anilines is 1. The summed E-state index contributed by atoms with van der Waals surface area (Å²) in [6.07, 6.45) is 2.83. The third kappa shape index (κ3) is 1.02. The first-order valence-corrected chi connectivity index (χ1v) is 2.37. The van der Waals surface area contributed by atoms with Gasteiger partial charge in [-0.2, -0.15) is 0 Å². The molecule has 0 spiro atoms. The predicted molar refractivity (Wildman–Crippen MR) is 34.1 cm³/mol. The monoisotopic (exact) mass is 123 g/mol. The van der Waals surface area contributed by atoms with Crippen LogP contribution in [0.3, 0.4) is 0 Å². The van der Waals surface area contributed by atoms with Gasteiger partial charge < -0.3 is 5.73 Å². The molecule has 1 aromatic rings. The molecule has 1 aromatic heterocycles. The summed E-state index contributed by atoms with van der Waals surface area (Å²) < 4.78 is 0. The number of nitrogens with zero attached hydrogens (tertiary/aromatic N) is 2. The van der Waals surface area contributed by atoms with E-state index in [9.17, 15) is 4.91 Å². The zero-order valence-electron chi connectivity index (χ0n) is 4.61. The summed E-state index contributed by atoms with van der Waals surface area (Å²) in [6.45, 7) is 0. The second-order valence-electron chi connectivity index (χ2n) is 1.53. The number of nitroso groups, excluding NO2 is 1. The number of hydrogen-bond donors (Lipinski definition) is 1. The van der Waals surface area contributed by atoms with Gasteiger partial charge in [-0.1, -0.05) is 0 Å². The molecule has 0 aliphatic heterocycles. The molecule has 4 nitrogen and oxygen atoms in total. The van der Waals surface area contributed by atoms with Crippen LogP contribution in [0.5, 0.6) is 0 Å². The van der Waals surface area contributed by atoms with Gasteiger partial charge in [0.25, 0.3) is 0 Å². The van der Waals surface area contributed by atoms with Crippen molar-refractivity contribution < 1.29 is 0 Å². The normalized spacial score (nSPS) is 8.89. The highest BCUT2D eigenvalue weighted by Gasteiger charge is 1.93. The zero-order valence-corrected chi connectivity index (χ0v) is 4.61. The molecule has 0 saturated heterocycles. The Labute approximate surface area is 51.7 Å². The van der Waals surface area contributed by atoms with Crippen LogP contribution in [0.2, 0.25) is 0 Å². The molecule has 9 heavy (non-hydrogen) atoms. The Balaban J connectivity index is 3.15. The smallest absolute Gasteiger partial charge is 0.149 e. The van der Waals surface area contributed by atoms with Crippen molar-refractivity contribution in [3.8, 4) is 0 Å². The number of rotatable bonds is 1. The number of pyridine rings is 1. The maximum atomic E-state index is 9.86. The molecule has 4 heteroatoms. The van der Waals surface area contributed by atoms with E-state index in [4.69, 9.17) is 5.73 Å². The van der Waals surface area contributed by atoms with Crippen LogP contribution < -0.4 is 5.73 Å². The lowest BCUT2D eigenvalue weighted by Crippen LogP contribution is -1.84. The molecule has 0 amide bonds. The molecule has 1 heterocycles. The number of aromatic nitrogens is 1. The van der Waals surface area contributed by atoms with Crippen molar-refractivity contribution in [2.24, 2.45) is 5.18 Å². The lowest BCUT2D eigenvalue weighted by atomic mass is 10.4. The Kier molecular flexibility index (Phi) is 1.40. The maximum Gasteiger partial charge on any atom is 0.149 e. The van der Waals surface area contributed by atoms with E-state index in [2.05, 4.69) is 10.2 Å². The Morgan fingerprint density at radius 2 is 2.44 bits per heavy atom. The van der Waals surface area contributed by atoms with Crippen molar-refractivity contribution >= 4 is 11.4 Å². The van der Waals surface area contributed by atoms with Gasteiger partial charge in [0.05, 0.1) is 11.9 Å². The van der Waals surface area contributed by atoms with Gasteiger partial charge in [-0.15, -0.1) is 4.91 Å². The van der Waals surface area contributed by atoms with Crippen LogP contribution in [-0.2, 0) is 0 Å². The van der Waals surface area contributed by atoms with E-state index in [0.29, 0.717) is 5.69 Å². The van der Waals surface area contributed by atoms with Gasteiger partial charge >= 0.3 is 0 Å². The SMILES string of the molecule is Nc1ccncc1N=O. The Morgan fingerprint density at radius 1 is 1.67 bits per heavy atom. The first kappa shape index (κ1) is 5.68. The van der Waals surface area contributed by atoms with E-state index < -0.39 is 0 Å². The van der Waals surface area contributed by atoms with Crippen LogP contribution >= 0.6 is 0 Å². The van der Waals surface area contributed by atoms with Crippen LogP contribution in [0.4, 0.5) is 11.4 Å². The molecule has 0 aliphatic carbocycles. The highest BCUT2D eigenvalue weighted by Crippen LogP contribution is 2.17. The largest absolute Gasteiger partial charge is 0.397 e. The van der Waals surface area contributed by atoms with Crippen LogP contribution in [0.15, 0.2) is 23.6 Å². The summed E-state index contributed by atoms with van der Waals surface area (Å²) in [4.78, 5) is 13.5. The third-order valence-corrected chi connectivity index (χ3v) is 0.931. The molecule has 0 fully saturated rings. The van der Waals surface area contributed by atoms with Crippen molar-refractivity contribution in [3.05, 3.63) is 23.4 Å². The van der Waals surface area contributed by atoms with Crippen molar-refractivity contribution in [1.82, 2.24) is 4.98 Å². The summed E-state index contributed by atoms with van der Waals surface area (Å²) >= 11 is 0. The number of nitrogens with two attached hydrogens (primary N) is 1. The molecular weight excluding hydrogens is 118 g/mol. The molecule has 0 aromatic carbocycles. The first-order chi connectivity index (χ1) is 4.34. The molecule has 0 saturated carbocycles. The van der Waals surface area contributed by atoms with Gasteiger partial charge in [0.1, 0.15) is 5.69 Å². The van der Waals surface area contributed by atoms with Crippen LogP contribution in [0.1, 0.15) is 0 Å². The summed E-state index contributed by atoms with van der Waals surface area (Å²) in [5, 5.41) is 2.63. The van der Waals surface area contributed by atoms with Crippen molar-refractivity contribution in [2.75, 3.05) is 5.73 Å². The van der Waals surface area contributed by atoms with E-state index >= 15 is 0 Å². The quantitative estimate of drug-likeness (QED) is 0.567. The van der Waals surface area contributed by atoms with Crippen LogP contribution in [-0.4, -0.2) is 4.98 Å². The Morgan fingerprint density at radius 3 is 2.89 bits per heavy atom. The van der Waals surface area contributed by atoms with E-state index in [1.165, 1.54) is 18.5 Å².